The molecule has 0 saturated carbocycles. The third-order valence-corrected chi connectivity index (χ3v) is 7.14. The maximum absolute atomic E-state index is 11.3. The van der Waals surface area contributed by atoms with E-state index < -0.39 is 6.29 Å². The van der Waals surface area contributed by atoms with Crippen molar-refractivity contribution in [3.8, 4) is 11.1 Å². The molecule has 0 bridgehead atoms. The van der Waals surface area contributed by atoms with E-state index in [-0.39, 0.29) is 24.7 Å². The smallest absolute Gasteiger partial charge is 0.217 e. The quantitative estimate of drug-likeness (QED) is 0.463. The van der Waals surface area contributed by atoms with Crippen LogP contribution < -0.4 is 5.32 Å². The number of benzene rings is 3. The van der Waals surface area contributed by atoms with Crippen LogP contribution in [0.5, 0.6) is 0 Å². The van der Waals surface area contributed by atoms with Gasteiger partial charge in [-0.15, -0.1) is 0 Å². The molecule has 7 heteroatoms. The van der Waals surface area contributed by atoms with Gasteiger partial charge in [0.25, 0.3) is 0 Å². The highest BCUT2D eigenvalue weighted by molar-refractivity contribution is 5.73. The van der Waals surface area contributed by atoms with Gasteiger partial charge in [-0.1, -0.05) is 60.7 Å². The molecule has 0 spiro atoms. The number of nitrogens with zero attached hydrogens (tertiary/aromatic N) is 1. The second-order valence-electron chi connectivity index (χ2n) is 10.00. The first kappa shape index (κ1) is 26.5. The van der Waals surface area contributed by atoms with Gasteiger partial charge in [0.05, 0.1) is 32.0 Å². The van der Waals surface area contributed by atoms with Gasteiger partial charge in [-0.2, -0.15) is 0 Å². The molecule has 1 amide bonds. The molecule has 2 aliphatic rings. The van der Waals surface area contributed by atoms with Crippen LogP contribution in [-0.2, 0) is 32.2 Å². The molecule has 7 nitrogen and oxygen atoms in total. The van der Waals surface area contributed by atoms with E-state index in [1.807, 2.05) is 42.5 Å². The SMILES string of the molecule is CC(=O)NCc1cccc(-c2cccc([C@@H]3O[C@H](CN4CCOCC4)C[C@H](c4ccc(CO)cc4)O3)c2)c1. The normalized spacial score (nSPS) is 22.2. The Morgan fingerprint density at radius 1 is 0.921 bits per heavy atom. The standard InChI is InChI=1S/C31H36N2O5/c1-22(35)32-19-24-4-2-5-26(16-24)27-6-3-7-28(17-27)31-37-29(20-33-12-14-36-15-13-33)18-30(38-31)25-10-8-23(21-34)9-11-25/h2-11,16-17,29-31,34H,12-15,18-21H2,1H3,(H,32,35)/t29-,30+,31+/m0/s1. The van der Waals surface area contributed by atoms with E-state index in [0.717, 1.165) is 72.6 Å². The van der Waals surface area contributed by atoms with Crippen molar-refractivity contribution in [1.29, 1.82) is 0 Å². The minimum absolute atomic E-state index is 0.0130. The van der Waals surface area contributed by atoms with E-state index in [2.05, 4.69) is 40.5 Å². The number of carbonyl (C=O) groups excluding carboxylic acids is 1. The van der Waals surface area contributed by atoms with Gasteiger partial charge in [-0.25, -0.2) is 0 Å². The van der Waals surface area contributed by atoms with Gasteiger partial charge in [0, 0.05) is 45.1 Å². The Balaban J connectivity index is 1.38. The summed E-state index contributed by atoms with van der Waals surface area (Å²) in [5.41, 5.74) is 6.13. The van der Waals surface area contributed by atoms with Gasteiger partial charge >= 0.3 is 0 Å². The maximum Gasteiger partial charge on any atom is 0.217 e. The predicted molar refractivity (Wildman–Crippen MR) is 145 cm³/mol. The summed E-state index contributed by atoms with van der Waals surface area (Å²) in [6.07, 6.45) is 0.160. The second kappa shape index (κ2) is 12.7. The summed E-state index contributed by atoms with van der Waals surface area (Å²) in [7, 11) is 0. The lowest BCUT2D eigenvalue weighted by Gasteiger charge is -2.39. The van der Waals surface area contributed by atoms with Gasteiger partial charge < -0.3 is 24.6 Å². The number of carbonyl (C=O) groups is 1. The molecule has 2 saturated heterocycles. The molecule has 3 aromatic rings. The van der Waals surface area contributed by atoms with Crippen molar-refractivity contribution in [3.05, 3.63) is 95.1 Å². The lowest BCUT2D eigenvalue weighted by molar-refractivity contribution is -0.253. The van der Waals surface area contributed by atoms with Crippen molar-refractivity contribution in [3.63, 3.8) is 0 Å². The Morgan fingerprint density at radius 2 is 1.66 bits per heavy atom. The van der Waals surface area contributed by atoms with E-state index in [9.17, 15) is 9.90 Å². The molecule has 2 aliphatic heterocycles. The van der Waals surface area contributed by atoms with E-state index >= 15 is 0 Å². The van der Waals surface area contributed by atoms with Crippen molar-refractivity contribution in [1.82, 2.24) is 10.2 Å². The number of rotatable bonds is 8. The van der Waals surface area contributed by atoms with Crippen molar-refractivity contribution in [2.45, 2.75) is 45.0 Å². The number of morpholine rings is 1. The molecule has 0 aromatic heterocycles. The number of nitrogens with one attached hydrogen (secondary N) is 1. The summed E-state index contributed by atoms with van der Waals surface area (Å²) in [6.45, 7) is 6.20. The van der Waals surface area contributed by atoms with Gasteiger partial charge in [-0.3, -0.25) is 9.69 Å². The lowest BCUT2D eigenvalue weighted by atomic mass is 9.98. The maximum atomic E-state index is 11.3. The average Bonchev–Trinajstić information content (AvgIpc) is 2.97. The largest absolute Gasteiger partial charge is 0.392 e. The number of aliphatic hydroxyl groups is 1. The fraction of sp³-hybridized carbons (Fsp3) is 0.387. The zero-order chi connectivity index (χ0) is 26.3. The zero-order valence-electron chi connectivity index (χ0n) is 21.8. The van der Waals surface area contributed by atoms with E-state index in [0.29, 0.717) is 6.54 Å². The Kier molecular flexibility index (Phi) is 8.83. The fourth-order valence-corrected chi connectivity index (χ4v) is 5.06. The van der Waals surface area contributed by atoms with Crippen LogP contribution >= 0.6 is 0 Å². The predicted octanol–water partition coefficient (Wildman–Crippen LogP) is 4.36. The molecule has 2 heterocycles. The average molecular weight is 517 g/mol. The van der Waals surface area contributed by atoms with Crippen LogP contribution in [0.3, 0.4) is 0 Å². The first-order valence-corrected chi connectivity index (χ1v) is 13.3. The van der Waals surface area contributed by atoms with Crippen LogP contribution in [0.2, 0.25) is 0 Å². The van der Waals surface area contributed by atoms with Crippen LogP contribution in [0, 0.1) is 0 Å². The Bertz CT molecular complexity index is 1210. The first-order chi connectivity index (χ1) is 18.6. The first-order valence-electron chi connectivity index (χ1n) is 13.3. The molecule has 200 valence electrons. The molecular formula is C31H36N2O5. The number of hydrogen-bond acceptors (Lipinski definition) is 6. The van der Waals surface area contributed by atoms with Crippen LogP contribution in [0.25, 0.3) is 11.1 Å². The number of amides is 1. The molecular weight excluding hydrogens is 480 g/mol. The second-order valence-corrected chi connectivity index (χ2v) is 10.00. The van der Waals surface area contributed by atoms with Crippen LogP contribution in [-0.4, -0.2) is 54.9 Å². The summed E-state index contributed by atoms with van der Waals surface area (Å²) >= 11 is 0. The Morgan fingerprint density at radius 3 is 2.39 bits per heavy atom. The van der Waals surface area contributed by atoms with Gasteiger partial charge in [0.2, 0.25) is 5.91 Å². The number of ether oxygens (including phenoxy) is 3. The van der Waals surface area contributed by atoms with Crippen molar-refractivity contribution in [2.75, 3.05) is 32.8 Å². The van der Waals surface area contributed by atoms with Crippen molar-refractivity contribution >= 4 is 5.91 Å². The minimum atomic E-state index is -0.500. The summed E-state index contributed by atoms with van der Waals surface area (Å²) < 4.78 is 18.6. The molecule has 3 atom stereocenters. The molecule has 0 aliphatic carbocycles. The highest BCUT2D eigenvalue weighted by Gasteiger charge is 2.33. The molecule has 0 radical (unpaired) electrons. The highest BCUT2D eigenvalue weighted by Crippen LogP contribution is 2.39. The molecule has 2 N–H and O–H groups in total. The van der Waals surface area contributed by atoms with Crippen molar-refractivity contribution < 1.29 is 24.1 Å². The summed E-state index contributed by atoms with van der Waals surface area (Å²) in [5, 5.41) is 12.3. The third-order valence-electron chi connectivity index (χ3n) is 7.14. The Labute approximate surface area is 224 Å². The van der Waals surface area contributed by atoms with Crippen LogP contribution in [0.1, 0.15) is 48.0 Å². The molecule has 0 unspecified atom stereocenters. The Hall–Kier alpha value is -3.07. The fourth-order valence-electron chi connectivity index (χ4n) is 5.06. The molecule has 5 rings (SSSR count). The topological polar surface area (TPSA) is 80.3 Å². The van der Waals surface area contributed by atoms with E-state index in [4.69, 9.17) is 14.2 Å². The monoisotopic (exact) mass is 516 g/mol. The number of hydrogen-bond donors (Lipinski definition) is 2. The summed E-state index contributed by atoms with van der Waals surface area (Å²) in [4.78, 5) is 13.7. The summed E-state index contributed by atoms with van der Waals surface area (Å²) in [6, 6.07) is 24.5. The third kappa shape index (κ3) is 6.87. The molecule has 2 fully saturated rings. The zero-order valence-corrected chi connectivity index (χ0v) is 21.8. The lowest BCUT2D eigenvalue weighted by Crippen LogP contribution is -2.44. The van der Waals surface area contributed by atoms with E-state index in [1.54, 1.807) is 0 Å². The van der Waals surface area contributed by atoms with Crippen LogP contribution in [0.15, 0.2) is 72.8 Å². The van der Waals surface area contributed by atoms with Gasteiger partial charge in [0.1, 0.15) is 0 Å². The highest BCUT2D eigenvalue weighted by atomic mass is 16.7. The van der Waals surface area contributed by atoms with Crippen LogP contribution in [0.4, 0.5) is 0 Å². The summed E-state index contributed by atoms with van der Waals surface area (Å²) in [5.74, 6) is -0.0452. The molecule has 38 heavy (non-hydrogen) atoms. The minimum Gasteiger partial charge on any atom is -0.392 e. The van der Waals surface area contributed by atoms with E-state index in [1.165, 1.54) is 6.92 Å². The van der Waals surface area contributed by atoms with Gasteiger partial charge in [-0.05, 0) is 39.9 Å². The number of aliphatic hydroxyl groups excluding tert-OH is 1. The van der Waals surface area contributed by atoms with Gasteiger partial charge in [0.15, 0.2) is 6.29 Å². The molecule has 3 aromatic carbocycles. The van der Waals surface area contributed by atoms with Crippen molar-refractivity contribution in [2.24, 2.45) is 0 Å².